The van der Waals surface area contributed by atoms with Gasteiger partial charge in [0.2, 0.25) is 0 Å². The van der Waals surface area contributed by atoms with Crippen LogP contribution in [0.3, 0.4) is 0 Å². The van der Waals surface area contributed by atoms with Crippen LogP contribution in [0.15, 0.2) is 18.2 Å². The van der Waals surface area contributed by atoms with Gasteiger partial charge >= 0.3 is 0 Å². The molecular weight excluding hydrogens is 276 g/mol. The van der Waals surface area contributed by atoms with E-state index in [1.807, 2.05) is 0 Å². The molecule has 0 aromatic heterocycles. The van der Waals surface area contributed by atoms with Gasteiger partial charge in [-0.1, -0.05) is 37.3 Å². The molecule has 0 saturated heterocycles. The summed E-state index contributed by atoms with van der Waals surface area (Å²) in [4.78, 5) is 12.1. The zero-order valence-corrected chi connectivity index (χ0v) is 12.2. The SMILES string of the molecule is Nc1cc(C(=O)NCC2(O)CCCCCC2)ccc1Cl. The van der Waals surface area contributed by atoms with Gasteiger partial charge in [-0.3, -0.25) is 4.79 Å². The van der Waals surface area contributed by atoms with Gasteiger partial charge in [-0.05, 0) is 31.0 Å². The molecule has 0 radical (unpaired) electrons. The Bertz CT molecular complexity index is 483. The summed E-state index contributed by atoms with van der Waals surface area (Å²) in [5, 5.41) is 13.7. The van der Waals surface area contributed by atoms with Crippen molar-refractivity contribution in [1.82, 2.24) is 5.32 Å². The predicted octanol–water partition coefficient (Wildman–Crippen LogP) is 2.74. The zero-order chi connectivity index (χ0) is 14.6. The van der Waals surface area contributed by atoms with Crippen molar-refractivity contribution in [2.75, 3.05) is 12.3 Å². The molecule has 0 unspecified atom stereocenters. The number of aliphatic hydroxyl groups is 1. The van der Waals surface area contributed by atoms with Crippen LogP contribution in [-0.4, -0.2) is 23.2 Å². The van der Waals surface area contributed by atoms with Crippen LogP contribution in [0.4, 0.5) is 5.69 Å². The third-order valence-corrected chi connectivity index (χ3v) is 4.21. The molecule has 1 fully saturated rings. The highest BCUT2D eigenvalue weighted by atomic mass is 35.5. The Morgan fingerprint density at radius 1 is 1.30 bits per heavy atom. The van der Waals surface area contributed by atoms with Crippen LogP contribution in [0.1, 0.15) is 48.9 Å². The van der Waals surface area contributed by atoms with Gasteiger partial charge in [0.25, 0.3) is 5.91 Å². The Balaban J connectivity index is 1.95. The molecule has 1 amide bonds. The van der Waals surface area contributed by atoms with Crippen molar-refractivity contribution in [3.8, 4) is 0 Å². The van der Waals surface area contributed by atoms with E-state index in [4.69, 9.17) is 17.3 Å². The summed E-state index contributed by atoms with van der Waals surface area (Å²) in [6.07, 6.45) is 5.83. The number of rotatable bonds is 3. The van der Waals surface area contributed by atoms with Crippen molar-refractivity contribution < 1.29 is 9.90 Å². The fourth-order valence-corrected chi connectivity index (χ4v) is 2.71. The molecule has 5 heteroatoms. The number of nitrogens with two attached hydrogens (primary N) is 1. The number of benzene rings is 1. The molecular formula is C15H21ClN2O2. The Morgan fingerprint density at radius 3 is 2.55 bits per heavy atom. The van der Waals surface area contributed by atoms with Gasteiger partial charge < -0.3 is 16.2 Å². The van der Waals surface area contributed by atoms with Gasteiger partial charge in [0, 0.05) is 12.1 Å². The summed E-state index contributed by atoms with van der Waals surface area (Å²) in [6.45, 7) is 0.286. The molecule has 1 saturated carbocycles. The van der Waals surface area contributed by atoms with Gasteiger partial charge in [0.15, 0.2) is 0 Å². The first-order chi connectivity index (χ1) is 9.50. The maximum Gasteiger partial charge on any atom is 0.251 e. The van der Waals surface area contributed by atoms with E-state index in [0.717, 1.165) is 38.5 Å². The average Bonchev–Trinajstić information content (AvgIpc) is 2.65. The van der Waals surface area contributed by atoms with Crippen LogP contribution in [0.5, 0.6) is 0 Å². The molecule has 1 aromatic carbocycles. The third-order valence-electron chi connectivity index (χ3n) is 3.87. The molecule has 1 aliphatic carbocycles. The molecule has 1 aromatic rings. The number of anilines is 1. The largest absolute Gasteiger partial charge is 0.398 e. The van der Waals surface area contributed by atoms with Gasteiger partial charge in [-0.15, -0.1) is 0 Å². The monoisotopic (exact) mass is 296 g/mol. The molecule has 110 valence electrons. The van der Waals surface area contributed by atoms with Gasteiger partial charge in [-0.2, -0.15) is 0 Å². The first-order valence-electron chi connectivity index (χ1n) is 7.06. The van der Waals surface area contributed by atoms with Crippen molar-refractivity contribution in [2.24, 2.45) is 0 Å². The Labute approximate surface area is 124 Å². The van der Waals surface area contributed by atoms with Crippen LogP contribution in [0.2, 0.25) is 5.02 Å². The fraction of sp³-hybridized carbons (Fsp3) is 0.533. The first kappa shape index (κ1) is 15.1. The van der Waals surface area contributed by atoms with Crippen LogP contribution in [-0.2, 0) is 0 Å². The van der Waals surface area contributed by atoms with E-state index in [0.29, 0.717) is 16.3 Å². The van der Waals surface area contributed by atoms with Crippen molar-refractivity contribution in [2.45, 2.75) is 44.1 Å². The summed E-state index contributed by atoms with van der Waals surface area (Å²) in [5.74, 6) is -0.231. The maximum atomic E-state index is 12.1. The van der Waals surface area contributed by atoms with Crippen LogP contribution in [0, 0.1) is 0 Å². The summed E-state index contributed by atoms with van der Waals surface area (Å²) in [6, 6.07) is 4.78. The minimum atomic E-state index is -0.774. The van der Waals surface area contributed by atoms with E-state index < -0.39 is 5.60 Å². The van der Waals surface area contributed by atoms with Crippen molar-refractivity contribution >= 4 is 23.2 Å². The average molecular weight is 297 g/mol. The molecule has 4 N–H and O–H groups in total. The predicted molar refractivity (Wildman–Crippen MR) is 80.8 cm³/mol. The lowest BCUT2D eigenvalue weighted by molar-refractivity contribution is 0.0246. The van der Waals surface area contributed by atoms with Gasteiger partial charge in [0.05, 0.1) is 16.3 Å². The van der Waals surface area contributed by atoms with Gasteiger partial charge in [-0.25, -0.2) is 0 Å². The van der Waals surface area contributed by atoms with Crippen LogP contribution < -0.4 is 11.1 Å². The van der Waals surface area contributed by atoms with E-state index in [2.05, 4.69) is 5.32 Å². The van der Waals surface area contributed by atoms with Crippen molar-refractivity contribution in [1.29, 1.82) is 0 Å². The number of carbonyl (C=O) groups is 1. The third kappa shape index (κ3) is 3.87. The quantitative estimate of drug-likeness (QED) is 0.593. The highest BCUT2D eigenvalue weighted by molar-refractivity contribution is 6.33. The van der Waals surface area contributed by atoms with Crippen molar-refractivity contribution in [3.63, 3.8) is 0 Å². The molecule has 0 heterocycles. The number of nitrogens with one attached hydrogen (secondary N) is 1. The van der Waals surface area contributed by atoms with Gasteiger partial charge in [0.1, 0.15) is 0 Å². The molecule has 0 aliphatic heterocycles. The van der Waals surface area contributed by atoms with E-state index in [1.54, 1.807) is 18.2 Å². The second-order valence-corrected chi connectivity index (χ2v) is 5.96. The van der Waals surface area contributed by atoms with E-state index in [-0.39, 0.29) is 12.5 Å². The first-order valence-corrected chi connectivity index (χ1v) is 7.44. The fourth-order valence-electron chi connectivity index (χ4n) is 2.60. The Hall–Kier alpha value is -1.26. The highest BCUT2D eigenvalue weighted by Crippen LogP contribution is 2.26. The maximum absolute atomic E-state index is 12.1. The number of halogens is 1. The molecule has 0 bridgehead atoms. The molecule has 0 atom stereocenters. The van der Waals surface area contributed by atoms with Crippen LogP contribution >= 0.6 is 11.6 Å². The second-order valence-electron chi connectivity index (χ2n) is 5.56. The minimum Gasteiger partial charge on any atom is -0.398 e. The Kier molecular flexibility index (Phi) is 4.89. The topological polar surface area (TPSA) is 75.4 Å². The second kappa shape index (κ2) is 6.46. The van der Waals surface area contributed by atoms with Crippen molar-refractivity contribution in [3.05, 3.63) is 28.8 Å². The molecule has 2 rings (SSSR count). The number of hydrogen-bond donors (Lipinski definition) is 3. The number of nitrogen functional groups attached to an aromatic ring is 1. The zero-order valence-electron chi connectivity index (χ0n) is 11.5. The summed E-state index contributed by atoms with van der Waals surface area (Å²) in [5.41, 5.74) is 5.75. The highest BCUT2D eigenvalue weighted by Gasteiger charge is 2.28. The van der Waals surface area contributed by atoms with E-state index >= 15 is 0 Å². The number of hydrogen-bond acceptors (Lipinski definition) is 3. The lowest BCUT2D eigenvalue weighted by Gasteiger charge is -2.26. The molecule has 4 nitrogen and oxygen atoms in total. The Morgan fingerprint density at radius 2 is 1.95 bits per heavy atom. The summed E-state index contributed by atoms with van der Waals surface area (Å²) >= 11 is 5.83. The minimum absolute atomic E-state index is 0.231. The van der Waals surface area contributed by atoms with E-state index in [1.165, 1.54) is 0 Å². The summed E-state index contributed by atoms with van der Waals surface area (Å²) in [7, 11) is 0. The van der Waals surface area contributed by atoms with Crippen LogP contribution in [0.25, 0.3) is 0 Å². The smallest absolute Gasteiger partial charge is 0.251 e. The number of amides is 1. The normalized spacial score (nSPS) is 18.3. The summed E-state index contributed by atoms with van der Waals surface area (Å²) < 4.78 is 0. The number of carbonyl (C=O) groups excluding carboxylic acids is 1. The lowest BCUT2D eigenvalue weighted by atomic mass is 9.94. The standard InChI is InChI=1S/C15H21ClN2O2/c16-12-6-5-11(9-13(12)17)14(19)18-10-15(20)7-3-1-2-4-8-15/h5-6,9,20H,1-4,7-8,10,17H2,(H,18,19). The molecule has 1 aliphatic rings. The van der Waals surface area contributed by atoms with E-state index in [9.17, 15) is 9.90 Å². The molecule has 20 heavy (non-hydrogen) atoms. The lowest BCUT2D eigenvalue weighted by Crippen LogP contribution is -2.42. The molecule has 0 spiro atoms.